The third-order valence-electron chi connectivity index (χ3n) is 14.4. The smallest absolute Gasteiger partial charge is 0.249 e. The van der Waals surface area contributed by atoms with Crippen LogP contribution >= 0.6 is 56.7 Å². The molecule has 0 saturated heterocycles. The van der Waals surface area contributed by atoms with E-state index in [4.69, 9.17) is 66.6 Å². The Morgan fingerprint density at radius 1 is 0.352 bits per heavy atom. The molecular formula is C65H68N30O8S5. The van der Waals surface area contributed by atoms with Crippen molar-refractivity contribution in [3.05, 3.63) is 160 Å². The van der Waals surface area contributed by atoms with Crippen molar-refractivity contribution < 1.29 is 37.9 Å². The number of fused-ring (bicyclic) bond motifs is 1. The molecule has 556 valence electrons. The van der Waals surface area contributed by atoms with Crippen LogP contribution in [0.4, 0.5) is 87.9 Å². The van der Waals surface area contributed by atoms with E-state index < -0.39 is 0 Å². The van der Waals surface area contributed by atoms with E-state index in [0.29, 0.717) is 132 Å². The molecule has 0 aliphatic carbocycles. The molecule has 0 radical (unpaired) electrons. The van der Waals surface area contributed by atoms with Crippen LogP contribution in [0.2, 0.25) is 0 Å². The number of nitrogens with one attached hydrogen (secondary N) is 5. The number of benzene rings is 5. The van der Waals surface area contributed by atoms with Crippen LogP contribution < -0.4 is 93.1 Å². The predicted molar refractivity (Wildman–Crippen MR) is 416 cm³/mol. The maximum atomic E-state index is 5.88. The fourth-order valence-electron chi connectivity index (χ4n) is 9.76. The first-order chi connectivity index (χ1) is 52.5. The summed E-state index contributed by atoms with van der Waals surface area (Å²) in [5.74, 6) is 8.50. The zero-order valence-electron chi connectivity index (χ0n) is 58.5. The zero-order valence-corrected chi connectivity index (χ0v) is 62.6. The van der Waals surface area contributed by atoms with Crippen molar-refractivity contribution in [1.29, 1.82) is 0 Å². The van der Waals surface area contributed by atoms with Crippen LogP contribution in [0.1, 0.15) is 11.1 Å². The standard InChI is InChI=1S/C13H12N6O2S.3C13H14N6O2S.C13H14N6S/c14-11-17-12(18-19(11)13-15-4-7-22-13)16-8-2-1-3-9-10(8)21-6-5-20-9;1-20-8-3-4-10(21-2)9(7-8)16-12-17-11(14)19(18-12)13-15-5-6-22-13;1-20-8-3-4-9(10(7-8)21-2)16-12-17-11(14)19(18-12)13-15-5-6-22-13;1-20-9-4-3-8(7-10(9)21-2)16-12-17-11(14)19(18-12)13-15-5-6-22-13;1-8-5-9(2)7-10(6-8)16-12-17-11(14)19(18-12)13-15-3-4-20-13/h1-4,7H,5-6H2,(H3,14,16,17,18);3*3-7H,1-2H3,(H3,14,16,17,18);3-7H,1-2H3,(H3,14,16,17,18). The number of aromatic nitrogens is 20. The minimum Gasteiger partial charge on any atom is -0.497 e. The molecular weight excluding hydrogens is 1490 g/mol. The van der Waals surface area contributed by atoms with Gasteiger partial charge in [-0.25, -0.2) is 24.9 Å². The minimum atomic E-state index is 0.249. The van der Waals surface area contributed by atoms with E-state index in [-0.39, 0.29) is 23.8 Å². The van der Waals surface area contributed by atoms with Gasteiger partial charge in [0.2, 0.25) is 85.1 Å². The quantitative estimate of drug-likeness (QED) is 0.0319. The van der Waals surface area contributed by atoms with Gasteiger partial charge in [-0.3, -0.25) is 0 Å². The van der Waals surface area contributed by atoms with Crippen molar-refractivity contribution in [3.8, 4) is 71.7 Å². The molecule has 10 aromatic heterocycles. The number of ether oxygens (including phenoxy) is 8. The molecule has 43 heteroatoms. The van der Waals surface area contributed by atoms with E-state index >= 15 is 0 Å². The molecule has 1 aliphatic heterocycles. The molecule has 1 aliphatic rings. The van der Waals surface area contributed by atoms with Gasteiger partial charge in [0, 0.05) is 87.5 Å². The molecule has 108 heavy (non-hydrogen) atoms. The molecule has 5 aromatic carbocycles. The Hall–Kier alpha value is -13.7. The number of anilines is 15. The summed E-state index contributed by atoms with van der Waals surface area (Å²) in [5.41, 5.74) is 35.5. The van der Waals surface area contributed by atoms with Gasteiger partial charge in [-0.2, -0.15) is 48.3 Å². The number of para-hydroxylation sites is 1. The second-order valence-electron chi connectivity index (χ2n) is 21.6. The maximum Gasteiger partial charge on any atom is 0.249 e. The molecule has 0 fully saturated rings. The van der Waals surface area contributed by atoms with Gasteiger partial charge in [0.25, 0.3) is 0 Å². The molecule has 0 unspecified atom stereocenters. The zero-order chi connectivity index (χ0) is 75.6. The number of hydrogen-bond donors (Lipinski definition) is 10. The second kappa shape index (κ2) is 34.8. The van der Waals surface area contributed by atoms with Gasteiger partial charge < -0.3 is 93.1 Å². The van der Waals surface area contributed by atoms with Crippen molar-refractivity contribution >= 4 is 145 Å². The first-order valence-electron chi connectivity index (χ1n) is 31.7. The Kier molecular flexibility index (Phi) is 23.8. The first-order valence-corrected chi connectivity index (χ1v) is 36.1. The highest BCUT2D eigenvalue weighted by Crippen LogP contribution is 2.39. The number of nitrogens with zero attached hydrogens (tertiary/aromatic N) is 20. The van der Waals surface area contributed by atoms with Crippen molar-refractivity contribution in [2.45, 2.75) is 13.8 Å². The van der Waals surface area contributed by atoms with Crippen molar-refractivity contribution in [2.24, 2.45) is 0 Å². The van der Waals surface area contributed by atoms with E-state index in [0.717, 1.165) is 17.1 Å². The highest BCUT2D eigenvalue weighted by atomic mass is 32.1. The van der Waals surface area contributed by atoms with E-state index in [1.807, 2.05) is 89.3 Å². The van der Waals surface area contributed by atoms with E-state index in [1.54, 1.807) is 110 Å². The number of thiazole rings is 5. The normalized spacial score (nSPS) is 11.0. The maximum absolute atomic E-state index is 5.88. The summed E-state index contributed by atoms with van der Waals surface area (Å²) in [6.45, 7) is 5.15. The van der Waals surface area contributed by atoms with E-state index in [9.17, 15) is 0 Å². The third-order valence-corrected chi connectivity index (χ3v) is 18.1. The molecule has 0 bridgehead atoms. The second-order valence-corrected chi connectivity index (χ2v) is 26.0. The highest BCUT2D eigenvalue weighted by molar-refractivity contribution is 7.13. The predicted octanol–water partition coefficient (Wildman–Crippen LogP) is 10.7. The molecule has 16 rings (SSSR count). The minimum absolute atomic E-state index is 0.249. The summed E-state index contributed by atoms with van der Waals surface area (Å²) in [7, 11) is 9.52. The van der Waals surface area contributed by atoms with Crippen LogP contribution in [0.25, 0.3) is 25.7 Å². The Labute approximate surface area is 634 Å². The first kappa shape index (κ1) is 74.1. The molecule has 0 saturated carbocycles. The number of rotatable bonds is 21. The number of nitrogen functional groups attached to an aromatic ring is 5. The summed E-state index contributed by atoms with van der Waals surface area (Å²) in [6, 6.07) is 28.0. The topological polar surface area (TPSA) is 482 Å². The van der Waals surface area contributed by atoms with Crippen LogP contribution in [0.15, 0.2) is 149 Å². The summed E-state index contributed by atoms with van der Waals surface area (Å²) in [4.78, 5) is 41.7. The van der Waals surface area contributed by atoms with Gasteiger partial charge in [0.05, 0.1) is 59.7 Å². The fourth-order valence-corrected chi connectivity index (χ4v) is 12.8. The average Bonchev–Trinajstić information content (AvgIpc) is 1.43. The SMILES string of the molecule is COc1ccc(Nc2nc(N)n(-c3nccs3)n2)c(OC)c1.COc1ccc(Nc2nc(N)n(-c3nccs3)n2)cc1OC.COc1ccc(OC)c(Nc2nc(N)n(-c3nccs3)n2)c1.Cc1cc(C)cc(Nc2nc(N)n(-c3nccs3)n2)c1.Nc1nc(Nc2cccc3c2OCCO3)nn1-c1nccs1. The van der Waals surface area contributed by atoms with Gasteiger partial charge in [0.15, 0.2) is 23.0 Å². The highest BCUT2D eigenvalue weighted by Gasteiger charge is 2.21. The molecule has 15 N–H and O–H groups in total. The third kappa shape index (κ3) is 18.3. The number of methoxy groups -OCH3 is 6. The summed E-state index contributed by atoms with van der Waals surface area (Å²) in [6.07, 6.45) is 8.44. The lowest BCUT2D eigenvalue weighted by Gasteiger charge is -2.20. The lowest BCUT2D eigenvalue weighted by atomic mass is 10.1. The van der Waals surface area contributed by atoms with Crippen LogP contribution in [0.3, 0.4) is 0 Å². The summed E-state index contributed by atoms with van der Waals surface area (Å²) in [5, 5.41) is 49.6. The fraction of sp³-hybridized carbons (Fsp3) is 0.154. The summed E-state index contributed by atoms with van der Waals surface area (Å²) < 4.78 is 50.1. The molecule has 0 amide bonds. The number of nitrogens with two attached hydrogens (primary N) is 5. The molecule has 0 spiro atoms. The Morgan fingerprint density at radius 3 is 1.17 bits per heavy atom. The monoisotopic (exact) mass is 1560 g/mol. The van der Waals surface area contributed by atoms with Gasteiger partial charge in [-0.15, -0.1) is 82.2 Å². The van der Waals surface area contributed by atoms with E-state index in [2.05, 4.69) is 108 Å². The van der Waals surface area contributed by atoms with Crippen molar-refractivity contribution in [1.82, 2.24) is 98.7 Å². The van der Waals surface area contributed by atoms with Crippen molar-refractivity contribution in [3.63, 3.8) is 0 Å². The molecule has 38 nitrogen and oxygen atoms in total. The number of hydrogen-bond acceptors (Lipinski definition) is 38. The van der Waals surface area contributed by atoms with Crippen LogP contribution in [-0.4, -0.2) is 155 Å². The van der Waals surface area contributed by atoms with Crippen LogP contribution in [-0.2, 0) is 0 Å². The van der Waals surface area contributed by atoms with Crippen LogP contribution in [0, 0.1) is 13.8 Å². The van der Waals surface area contributed by atoms with E-state index in [1.165, 1.54) is 91.2 Å². The Bertz CT molecular complexity index is 5280. The molecule has 0 atom stereocenters. The van der Waals surface area contributed by atoms with Gasteiger partial charge in [-0.05, 0) is 85.6 Å². The Balaban J connectivity index is 0.000000126. The average molecular weight is 1560 g/mol. The number of aryl methyl sites for hydroxylation is 2. The van der Waals surface area contributed by atoms with Gasteiger partial charge >= 0.3 is 0 Å². The molecule has 15 aromatic rings. The van der Waals surface area contributed by atoms with Crippen LogP contribution in [0.5, 0.6) is 46.0 Å². The van der Waals surface area contributed by atoms with Gasteiger partial charge in [0.1, 0.15) is 36.2 Å². The molecule has 11 heterocycles. The Morgan fingerprint density at radius 2 is 0.741 bits per heavy atom. The lowest BCUT2D eigenvalue weighted by molar-refractivity contribution is 0.172. The van der Waals surface area contributed by atoms with Gasteiger partial charge in [-0.1, -0.05) is 12.1 Å². The largest absolute Gasteiger partial charge is 0.497 e. The summed E-state index contributed by atoms with van der Waals surface area (Å²) >= 11 is 7.15. The lowest BCUT2D eigenvalue weighted by Crippen LogP contribution is -2.16. The van der Waals surface area contributed by atoms with Crippen molar-refractivity contribution in [2.75, 3.05) is 111 Å².